The van der Waals surface area contributed by atoms with Gasteiger partial charge in [-0.25, -0.2) is 0 Å². The first-order valence-electron chi connectivity index (χ1n) is 4.13. The van der Waals surface area contributed by atoms with E-state index in [-0.39, 0.29) is 0 Å². The highest BCUT2D eigenvalue weighted by Gasteiger charge is 2.02. The minimum atomic E-state index is 0.602. The molecule has 1 nitrogen and oxygen atoms in total. The summed E-state index contributed by atoms with van der Waals surface area (Å²) in [5, 5.41) is 0. The van der Waals surface area contributed by atoms with Gasteiger partial charge in [0.25, 0.3) is 0 Å². The minimum absolute atomic E-state index is 0.602. The van der Waals surface area contributed by atoms with Crippen LogP contribution < -0.4 is 5.73 Å². The average Bonchev–Trinajstić information content (AvgIpc) is 2.04. The lowest BCUT2D eigenvalue weighted by Gasteiger charge is -2.08. The Balaban J connectivity index is 3.02. The molecule has 0 aromatic heterocycles. The van der Waals surface area contributed by atoms with Gasteiger partial charge in [0.1, 0.15) is 0 Å². The van der Waals surface area contributed by atoms with Gasteiger partial charge in [-0.15, -0.1) is 0 Å². The van der Waals surface area contributed by atoms with E-state index >= 15 is 0 Å². The smallest absolute Gasteiger partial charge is 0.0188 e. The molecule has 1 aromatic rings. The summed E-state index contributed by atoms with van der Waals surface area (Å²) < 4.78 is 1.28. The van der Waals surface area contributed by atoms with Crippen molar-refractivity contribution in [2.75, 3.05) is 0 Å². The van der Waals surface area contributed by atoms with Gasteiger partial charge >= 0.3 is 0 Å². The summed E-state index contributed by atoms with van der Waals surface area (Å²) in [6, 6.07) is 6.50. The number of benzene rings is 1. The van der Waals surface area contributed by atoms with Gasteiger partial charge in [0, 0.05) is 10.1 Å². The van der Waals surface area contributed by atoms with Crippen molar-refractivity contribution < 1.29 is 0 Å². The van der Waals surface area contributed by atoms with E-state index in [9.17, 15) is 0 Å². The van der Waals surface area contributed by atoms with Crippen molar-refractivity contribution >= 4 is 22.6 Å². The van der Waals surface area contributed by atoms with Crippen LogP contribution in [0.5, 0.6) is 0 Å². The molecular weight excluding hydrogens is 261 g/mol. The second kappa shape index (κ2) is 4.23. The van der Waals surface area contributed by atoms with Crippen molar-refractivity contribution in [3.63, 3.8) is 0 Å². The normalized spacial score (nSPS) is 10.8. The van der Waals surface area contributed by atoms with Crippen LogP contribution in [0.15, 0.2) is 18.2 Å². The molecule has 0 saturated heterocycles. The molecule has 0 unspecified atom stereocenters. The number of halogens is 1. The second-order valence-corrected chi connectivity index (χ2v) is 4.37. The van der Waals surface area contributed by atoms with Crippen LogP contribution in [0.4, 0.5) is 0 Å². The van der Waals surface area contributed by atoms with Gasteiger partial charge in [-0.2, -0.15) is 0 Å². The van der Waals surface area contributed by atoms with Gasteiger partial charge in [0.05, 0.1) is 0 Å². The quantitative estimate of drug-likeness (QED) is 0.825. The van der Waals surface area contributed by atoms with E-state index in [0.717, 1.165) is 0 Å². The van der Waals surface area contributed by atoms with Crippen LogP contribution in [0.25, 0.3) is 0 Å². The molecule has 2 heteroatoms. The maximum atomic E-state index is 5.57. The predicted octanol–water partition coefficient (Wildman–Crippen LogP) is 2.87. The van der Waals surface area contributed by atoms with E-state index in [1.807, 2.05) is 0 Å². The zero-order chi connectivity index (χ0) is 9.14. The van der Waals surface area contributed by atoms with E-state index in [4.69, 9.17) is 5.73 Å². The molecule has 0 saturated carbocycles. The first kappa shape index (κ1) is 9.99. The lowest BCUT2D eigenvalue weighted by Crippen LogP contribution is -2.00. The van der Waals surface area contributed by atoms with E-state index in [0.29, 0.717) is 12.5 Å². The van der Waals surface area contributed by atoms with Crippen LogP contribution in [0, 0.1) is 3.57 Å². The maximum absolute atomic E-state index is 5.57. The summed E-state index contributed by atoms with van der Waals surface area (Å²) >= 11 is 2.34. The number of hydrogen-bond donors (Lipinski definition) is 1. The Kier molecular flexibility index (Phi) is 3.53. The summed E-state index contributed by atoms with van der Waals surface area (Å²) in [6.45, 7) is 5.04. The summed E-state index contributed by atoms with van der Waals surface area (Å²) in [5.74, 6) is 0.602. The van der Waals surface area contributed by atoms with E-state index < -0.39 is 0 Å². The molecule has 0 aliphatic heterocycles. The summed E-state index contributed by atoms with van der Waals surface area (Å²) in [5.41, 5.74) is 8.19. The fraction of sp³-hybridized carbons (Fsp3) is 0.400. The van der Waals surface area contributed by atoms with Crippen LogP contribution in [-0.4, -0.2) is 0 Å². The summed E-state index contributed by atoms with van der Waals surface area (Å²) in [6.07, 6.45) is 0. The zero-order valence-electron chi connectivity index (χ0n) is 7.47. The molecule has 0 amide bonds. The molecular formula is C10H14IN. The SMILES string of the molecule is CC(C)c1ccc(CN)c(I)c1. The highest BCUT2D eigenvalue weighted by Crippen LogP contribution is 2.19. The van der Waals surface area contributed by atoms with Gasteiger partial charge in [-0.3, -0.25) is 0 Å². The molecule has 66 valence electrons. The van der Waals surface area contributed by atoms with Crippen molar-refractivity contribution in [2.24, 2.45) is 5.73 Å². The Morgan fingerprint density at radius 2 is 2.08 bits per heavy atom. The maximum Gasteiger partial charge on any atom is 0.0188 e. The Labute approximate surface area is 87.5 Å². The Hall–Kier alpha value is -0.0900. The van der Waals surface area contributed by atoms with E-state index in [2.05, 4.69) is 54.6 Å². The fourth-order valence-electron chi connectivity index (χ4n) is 1.09. The molecule has 0 bridgehead atoms. The van der Waals surface area contributed by atoms with Gasteiger partial charge in [-0.1, -0.05) is 26.0 Å². The molecule has 1 rings (SSSR count). The number of nitrogens with two attached hydrogens (primary N) is 1. The van der Waals surface area contributed by atoms with Crippen molar-refractivity contribution in [1.82, 2.24) is 0 Å². The first-order chi connectivity index (χ1) is 5.65. The van der Waals surface area contributed by atoms with Gasteiger partial charge in [0.2, 0.25) is 0 Å². The third-order valence-electron chi connectivity index (χ3n) is 1.96. The minimum Gasteiger partial charge on any atom is -0.326 e. The molecule has 0 radical (unpaired) electrons. The standard InChI is InChI=1S/C10H14IN/c1-7(2)8-3-4-9(6-12)10(11)5-8/h3-5,7H,6,12H2,1-2H3. The largest absolute Gasteiger partial charge is 0.326 e. The van der Waals surface area contributed by atoms with Crippen LogP contribution in [0.3, 0.4) is 0 Å². The van der Waals surface area contributed by atoms with Crippen LogP contribution >= 0.6 is 22.6 Å². The molecule has 1 aromatic carbocycles. The molecule has 2 N–H and O–H groups in total. The Bertz CT molecular complexity index is 269. The fourth-order valence-corrected chi connectivity index (χ4v) is 1.85. The van der Waals surface area contributed by atoms with Gasteiger partial charge in [-0.05, 0) is 45.7 Å². The Morgan fingerprint density at radius 1 is 1.42 bits per heavy atom. The molecule has 12 heavy (non-hydrogen) atoms. The van der Waals surface area contributed by atoms with Gasteiger partial charge < -0.3 is 5.73 Å². The molecule has 0 aliphatic carbocycles. The number of rotatable bonds is 2. The van der Waals surface area contributed by atoms with Crippen molar-refractivity contribution in [2.45, 2.75) is 26.3 Å². The lowest BCUT2D eigenvalue weighted by atomic mass is 10.0. The molecule has 0 aliphatic rings. The second-order valence-electron chi connectivity index (χ2n) is 3.21. The zero-order valence-corrected chi connectivity index (χ0v) is 9.63. The first-order valence-corrected chi connectivity index (χ1v) is 5.21. The summed E-state index contributed by atoms with van der Waals surface area (Å²) in [7, 11) is 0. The topological polar surface area (TPSA) is 26.0 Å². The van der Waals surface area contributed by atoms with Crippen LogP contribution in [0.2, 0.25) is 0 Å². The third kappa shape index (κ3) is 2.20. The highest BCUT2D eigenvalue weighted by molar-refractivity contribution is 14.1. The molecule has 0 atom stereocenters. The van der Waals surface area contributed by atoms with Crippen molar-refractivity contribution in [3.05, 3.63) is 32.9 Å². The monoisotopic (exact) mass is 275 g/mol. The van der Waals surface area contributed by atoms with Gasteiger partial charge in [0.15, 0.2) is 0 Å². The molecule has 0 fully saturated rings. The van der Waals surface area contributed by atoms with Crippen molar-refractivity contribution in [3.8, 4) is 0 Å². The Morgan fingerprint density at radius 3 is 2.50 bits per heavy atom. The highest BCUT2D eigenvalue weighted by atomic mass is 127. The average molecular weight is 275 g/mol. The molecule has 0 heterocycles. The third-order valence-corrected chi connectivity index (χ3v) is 2.97. The number of hydrogen-bond acceptors (Lipinski definition) is 1. The van der Waals surface area contributed by atoms with Crippen molar-refractivity contribution in [1.29, 1.82) is 0 Å². The van der Waals surface area contributed by atoms with E-state index in [1.54, 1.807) is 0 Å². The summed E-state index contributed by atoms with van der Waals surface area (Å²) in [4.78, 5) is 0. The molecule has 0 spiro atoms. The van der Waals surface area contributed by atoms with Crippen LogP contribution in [0.1, 0.15) is 30.9 Å². The predicted molar refractivity (Wildman–Crippen MR) is 61.1 cm³/mol. The van der Waals surface area contributed by atoms with E-state index in [1.165, 1.54) is 14.7 Å². The lowest BCUT2D eigenvalue weighted by molar-refractivity contribution is 0.862. The van der Waals surface area contributed by atoms with Crippen LogP contribution in [-0.2, 0) is 6.54 Å².